The zero-order valence-electron chi connectivity index (χ0n) is 14.5. The summed E-state index contributed by atoms with van der Waals surface area (Å²) in [7, 11) is 0. The molecule has 1 amide bonds. The van der Waals surface area contributed by atoms with Gasteiger partial charge < -0.3 is 19.5 Å². The summed E-state index contributed by atoms with van der Waals surface area (Å²) in [5.74, 6) is 1.27. The number of ether oxygens (including phenoxy) is 3. The van der Waals surface area contributed by atoms with Crippen LogP contribution in [-0.4, -0.2) is 67.2 Å². The van der Waals surface area contributed by atoms with Crippen molar-refractivity contribution in [3.05, 3.63) is 30.0 Å². The number of carbonyl (C=O) groups is 1. The average Bonchev–Trinajstić information content (AvgIpc) is 3.34. The highest BCUT2D eigenvalue weighted by molar-refractivity contribution is 5.93. The van der Waals surface area contributed by atoms with E-state index in [2.05, 4.69) is 20.4 Å². The van der Waals surface area contributed by atoms with E-state index in [1.165, 1.54) is 0 Å². The molecule has 2 N–H and O–H groups in total. The van der Waals surface area contributed by atoms with E-state index < -0.39 is 0 Å². The van der Waals surface area contributed by atoms with Gasteiger partial charge >= 0.3 is 0 Å². The molecule has 2 aromatic rings. The fourth-order valence-corrected chi connectivity index (χ4v) is 3.07. The Labute approximate surface area is 151 Å². The summed E-state index contributed by atoms with van der Waals surface area (Å²) < 4.78 is 16.0. The van der Waals surface area contributed by atoms with Crippen LogP contribution in [0.3, 0.4) is 0 Å². The minimum atomic E-state index is -0.147. The van der Waals surface area contributed by atoms with Gasteiger partial charge in [-0.2, -0.15) is 5.10 Å². The second-order valence-electron chi connectivity index (χ2n) is 6.30. The summed E-state index contributed by atoms with van der Waals surface area (Å²) in [5, 5.41) is 9.96. The number of rotatable bonds is 6. The number of morpholine rings is 1. The standard InChI is InChI=1S/C18H22N4O4/c23-18(19-4-1-5-22-6-8-24-9-7-22)15-11-14(20-21-15)13-2-3-16-17(10-13)26-12-25-16/h2-3,10-11H,1,4-9,12H2,(H,19,23)(H,20,21). The number of nitrogens with zero attached hydrogens (tertiary/aromatic N) is 2. The van der Waals surface area contributed by atoms with Crippen LogP contribution in [0.15, 0.2) is 24.3 Å². The van der Waals surface area contributed by atoms with Gasteiger partial charge in [0.05, 0.1) is 18.9 Å². The maximum atomic E-state index is 12.3. The number of carbonyl (C=O) groups excluding carboxylic acids is 1. The largest absolute Gasteiger partial charge is 0.454 e. The van der Waals surface area contributed by atoms with Crippen LogP contribution in [0.4, 0.5) is 0 Å². The molecule has 1 saturated heterocycles. The lowest BCUT2D eigenvalue weighted by atomic mass is 10.1. The number of hydrogen-bond acceptors (Lipinski definition) is 6. The number of aromatic nitrogens is 2. The van der Waals surface area contributed by atoms with Crippen LogP contribution in [0.1, 0.15) is 16.9 Å². The van der Waals surface area contributed by atoms with Crippen molar-refractivity contribution in [1.29, 1.82) is 0 Å². The number of amides is 1. The molecular formula is C18H22N4O4. The molecule has 2 aliphatic rings. The van der Waals surface area contributed by atoms with Crippen molar-refractivity contribution in [3.63, 3.8) is 0 Å². The molecule has 1 aromatic heterocycles. The first-order chi connectivity index (χ1) is 12.8. The Hall–Kier alpha value is -2.58. The highest BCUT2D eigenvalue weighted by Crippen LogP contribution is 2.35. The summed E-state index contributed by atoms with van der Waals surface area (Å²) in [6, 6.07) is 7.35. The van der Waals surface area contributed by atoms with Gasteiger partial charge in [-0.05, 0) is 37.2 Å². The predicted molar refractivity (Wildman–Crippen MR) is 94.4 cm³/mol. The van der Waals surface area contributed by atoms with Crippen molar-refractivity contribution in [1.82, 2.24) is 20.4 Å². The maximum Gasteiger partial charge on any atom is 0.269 e. The van der Waals surface area contributed by atoms with E-state index in [-0.39, 0.29) is 12.7 Å². The Bertz CT molecular complexity index is 770. The SMILES string of the molecule is O=C(NCCCN1CCOCC1)c1cc(-c2ccc3c(c2)OCO3)n[nH]1. The molecule has 0 atom stereocenters. The number of benzene rings is 1. The summed E-state index contributed by atoms with van der Waals surface area (Å²) in [6.45, 7) is 5.36. The van der Waals surface area contributed by atoms with E-state index in [0.29, 0.717) is 23.7 Å². The van der Waals surface area contributed by atoms with Gasteiger partial charge in [0.25, 0.3) is 5.91 Å². The van der Waals surface area contributed by atoms with Gasteiger partial charge in [-0.1, -0.05) is 0 Å². The fraction of sp³-hybridized carbons (Fsp3) is 0.444. The first kappa shape index (κ1) is 16.9. The summed E-state index contributed by atoms with van der Waals surface area (Å²) in [4.78, 5) is 14.6. The molecule has 0 spiro atoms. The smallest absolute Gasteiger partial charge is 0.269 e. The molecule has 138 valence electrons. The lowest BCUT2D eigenvalue weighted by Gasteiger charge is -2.26. The molecule has 0 radical (unpaired) electrons. The molecule has 0 saturated carbocycles. The first-order valence-electron chi connectivity index (χ1n) is 8.83. The number of nitrogens with one attached hydrogen (secondary N) is 2. The Morgan fingerprint density at radius 1 is 1.19 bits per heavy atom. The molecule has 1 aromatic carbocycles. The summed E-state index contributed by atoms with van der Waals surface area (Å²) in [6.07, 6.45) is 0.912. The third kappa shape index (κ3) is 3.81. The predicted octanol–water partition coefficient (Wildman–Crippen LogP) is 1.26. The molecule has 0 bridgehead atoms. The van der Waals surface area contributed by atoms with Crippen LogP contribution in [-0.2, 0) is 4.74 Å². The molecule has 0 aliphatic carbocycles. The fourth-order valence-electron chi connectivity index (χ4n) is 3.07. The van der Waals surface area contributed by atoms with Crippen molar-refractivity contribution in [2.45, 2.75) is 6.42 Å². The summed E-state index contributed by atoms with van der Waals surface area (Å²) in [5.41, 5.74) is 2.02. The zero-order chi connectivity index (χ0) is 17.8. The minimum Gasteiger partial charge on any atom is -0.454 e. The topological polar surface area (TPSA) is 88.7 Å². The van der Waals surface area contributed by atoms with Crippen LogP contribution in [0.5, 0.6) is 11.5 Å². The van der Waals surface area contributed by atoms with Crippen LogP contribution in [0.25, 0.3) is 11.3 Å². The molecule has 26 heavy (non-hydrogen) atoms. The lowest BCUT2D eigenvalue weighted by Crippen LogP contribution is -2.38. The molecule has 3 heterocycles. The Balaban J connectivity index is 1.29. The van der Waals surface area contributed by atoms with Crippen molar-refractivity contribution in [3.8, 4) is 22.8 Å². The third-order valence-electron chi connectivity index (χ3n) is 4.53. The van der Waals surface area contributed by atoms with Crippen LogP contribution in [0.2, 0.25) is 0 Å². The highest BCUT2D eigenvalue weighted by Gasteiger charge is 2.16. The molecule has 4 rings (SSSR count). The number of aromatic amines is 1. The Morgan fingerprint density at radius 3 is 2.92 bits per heavy atom. The molecular weight excluding hydrogens is 336 g/mol. The molecule has 0 unspecified atom stereocenters. The van der Waals surface area contributed by atoms with Gasteiger partial charge in [-0.15, -0.1) is 0 Å². The monoisotopic (exact) mass is 358 g/mol. The normalized spacial score (nSPS) is 16.6. The van der Waals surface area contributed by atoms with Gasteiger partial charge in [0, 0.05) is 25.2 Å². The summed E-state index contributed by atoms with van der Waals surface area (Å²) >= 11 is 0. The van der Waals surface area contributed by atoms with Crippen molar-refractivity contribution >= 4 is 5.91 Å². The molecule has 1 fully saturated rings. The highest BCUT2D eigenvalue weighted by atomic mass is 16.7. The minimum absolute atomic E-state index is 0.147. The van der Waals surface area contributed by atoms with Gasteiger partial charge in [0.15, 0.2) is 11.5 Å². The second kappa shape index (κ2) is 7.76. The average molecular weight is 358 g/mol. The molecule has 2 aliphatic heterocycles. The van der Waals surface area contributed by atoms with E-state index in [4.69, 9.17) is 14.2 Å². The van der Waals surface area contributed by atoms with Gasteiger partial charge in [-0.3, -0.25) is 14.8 Å². The van der Waals surface area contributed by atoms with Gasteiger partial charge in [0.1, 0.15) is 5.69 Å². The van der Waals surface area contributed by atoms with E-state index >= 15 is 0 Å². The van der Waals surface area contributed by atoms with Crippen molar-refractivity contribution in [2.24, 2.45) is 0 Å². The number of hydrogen-bond donors (Lipinski definition) is 2. The molecule has 8 heteroatoms. The van der Waals surface area contributed by atoms with E-state index in [0.717, 1.165) is 50.6 Å². The molecule has 8 nitrogen and oxygen atoms in total. The van der Waals surface area contributed by atoms with Crippen molar-refractivity contribution < 1.29 is 19.0 Å². The first-order valence-corrected chi connectivity index (χ1v) is 8.83. The maximum absolute atomic E-state index is 12.3. The van der Waals surface area contributed by atoms with Gasteiger partial charge in [-0.25, -0.2) is 0 Å². The van der Waals surface area contributed by atoms with E-state index in [1.54, 1.807) is 6.07 Å². The van der Waals surface area contributed by atoms with Crippen LogP contribution in [0, 0.1) is 0 Å². The van der Waals surface area contributed by atoms with E-state index in [9.17, 15) is 4.79 Å². The quantitative estimate of drug-likeness (QED) is 0.756. The lowest BCUT2D eigenvalue weighted by molar-refractivity contribution is 0.0374. The van der Waals surface area contributed by atoms with Crippen LogP contribution < -0.4 is 14.8 Å². The number of H-pyrrole nitrogens is 1. The zero-order valence-corrected chi connectivity index (χ0v) is 14.5. The second-order valence-corrected chi connectivity index (χ2v) is 6.30. The van der Waals surface area contributed by atoms with Crippen molar-refractivity contribution in [2.75, 3.05) is 46.2 Å². The third-order valence-corrected chi connectivity index (χ3v) is 4.53. The van der Waals surface area contributed by atoms with Crippen LogP contribution >= 0.6 is 0 Å². The van der Waals surface area contributed by atoms with Gasteiger partial charge in [0.2, 0.25) is 6.79 Å². The number of fused-ring (bicyclic) bond motifs is 1. The Kier molecular flexibility index (Phi) is 5.03. The Morgan fingerprint density at radius 2 is 2.04 bits per heavy atom. The van der Waals surface area contributed by atoms with E-state index in [1.807, 2.05) is 18.2 Å².